The van der Waals surface area contributed by atoms with Gasteiger partial charge in [0, 0.05) is 37.9 Å². The Morgan fingerprint density at radius 3 is 2.38 bits per heavy atom. The smallest absolute Gasteiger partial charge is 0.275 e. The van der Waals surface area contributed by atoms with Gasteiger partial charge in [0.25, 0.3) is 5.56 Å². The van der Waals surface area contributed by atoms with Crippen LogP contribution in [0.2, 0.25) is 0 Å². The molecule has 0 radical (unpaired) electrons. The molecule has 3 heterocycles. The van der Waals surface area contributed by atoms with Gasteiger partial charge in [0.15, 0.2) is 9.84 Å². The highest BCUT2D eigenvalue weighted by atomic mass is 32.2. The number of ether oxygens (including phenoxy) is 1. The summed E-state index contributed by atoms with van der Waals surface area (Å²) >= 11 is 0. The average molecular weight is 558 g/mol. The minimum atomic E-state index is -3.64. The Morgan fingerprint density at radius 1 is 1.05 bits per heavy atom. The number of aromatic amines is 1. The molecule has 3 aromatic rings. The van der Waals surface area contributed by atoms with Crippen molar-refractivity contribution in [3.63, 3.8) is 0 Å². The highest BCUT2D eigenvalue weighted by Crippen LogP contribution is 2.32. The lowest BCUT2D eigenvalue weighted by atomic mass is 10.1. The third kappa shape index (κ3) is 6.39. The zero-order valence-electron chi connectivity index (χ0n) is 23.9. The number of sulfone groups is 1. The van der Waals surface area contributed by atoms with Crippen LogP contribution in [0.1, 0.15) is 65.9 Å². The number of nitrogens with zero attached hydrogens (tertiary/aromatic N) is 3. The topological polar surface area (TPSA) is 109 Å². The van der Waals surface area contributed by atoms with Crippen LogP contribution in [-0.4, -0.2) is 65.5 Å². The second-order valence-electron chi connectivity index (χ2n) is 10.5. The molecule has 2 N–H and O–H groups in total. The SMILES string of the molecule is CCCOc1ccc(S(=O)(=O)CN2C[C@H](CC)N[C@@H](CC)C2)cc1-c1nc2c(CCC)cn(CC)c2c(=O)[nH]1. The van der Waals surface area contributed by atoms with E-state index in [4.69, 9.17) is 9.72 Å². The molecule has 1 aromatic carbocycles. The van der Waals surface area contributed by atoms with E-state index in [9.17, 15) is 13.2 Å². The van der Waals surface area contributed by atoms with Crippen molar-refractivity contribution in [2.24, 2.45) is 0 Å². The number of aryl methyl sites for hydroxylation is 2. The third-order valence-corrected chi connectivity index (χ3v) is 9.13. The summed E-state index contributed by atoms with van der Waals surface area (Å²) in [7, 11) is -3.64. The lowest BCUT2D eigenvalue weighted by molar-refractivity contribution is 0.176. The molecule has 4 rings (SSSR count). The molecule has 1 saturated heterocycles. The molecule has 1 fully saturated rings. The molecule has 1 aliphatic rings. The van der Waals surface area contributed by atoms with Crippen LogP contribution in [0, 0.1) is 0 Å². The van der Waals surface area contributed by atoms with Crippen LogP contribution >= 0.6 is 0 Å². The fraction of sp³-hybridized carbons (Fsp3) is 0.586. The van der Waals surface area contributed by atoms with E-state index in [1.165, 1.54) is 0 Å². The summed E-state index contributed by atoms with van der Waals surface area (Å²) in [4.78, 5) is 23.3. The lowest BCUT2D eigenvalue weighted by Crippen LogP contribution is -2.56. The molecule has 2 aromatic heterocycles. The number of piperazine rings is 1. The Hall–Kier alpha value is -2.69. The largest absolute Gasteiger partial charge is 0.493 e. The summed E-state index contributed by atoms with van der Waals surface area (Å²) in [6, 6.07) is 5.44. The van der Waals surface area contributed by atoms with Gasteiger partial charge >= 0.3 is 0 Å². The van der Waals surface area contributed by atoms with E-state index >= 15 is 0 Å². The van der Waals surface area contributed by atoms with Crippen LogP contribution in [0.4, 0.5) is 0 Å². The molecular weight excluding hydrogens is 514 g/mol. The van der Waals surface area contributed by atoms with Crippen molar-refractivity contribution in [3.8, 4) is 17.1 Å². The summed E-state index contributed by atoms with van der Waals surface area (Å²) in [6.45, 7) is 12.9. The van der Waals surface area contributed by atoms with Gasteiger partial charge in [-0.25, -0.2) is 13.4 Å². The van der Waals surface area contributed by atoms with Crippen molar-refractivity contribution in [2.75, 3.05) is 25.6 Å². The normalized spacial score (nSPS) is 18.6. The van der Waals surface area contributed by atoms with Crippen LogP contribution in [0.25, 0.3) is 22.4 Å². The summed E-state index contributed by atoms with van der Waals surface area (Å²) in [5, 5.41) is 3.61. The van der Waals surface area contributed by atoms with E-state index in [-0.39, 0.29) is 28.4 Å². The van der Waals surface area contributed by atoms with Gasteiger partial charge in [-0.1, -0.05) is 34.1 Å². The molecule has 214 valence electrons. The van der Waals surface area contributed by atoms with Gasteiger partial charge in [0.2, 0.25) is 0 Å². The van der Waals surface area contributed by atoms with E-state index in [0.29, 0.717) is 54.4 Å². The third-order valence-electron chi connectivity index (χ3n) is 7.45. The molecule has 0 amide bonds. The Bertz CT molecular complexity index is 1430. The second kappa shape index (κ2) is 12.7. The molecule has 1 aliphatic heterocycles. The summed E-state index contributed by atoms with van der Waals surface area (Å²) in [6.07, 6.45) is 6.41. The first-order chi connectivity index (χ1) is 18.7. The summed E-state index contributed by atoms with van der Waals surface area (Å²) in [5.74, 6) is 0.768. The molecule has 0 bridgehead atoms. The predicted molar refractivity (Wildman–Crippen MR) is 156 cm³/mol. The quantitative estimate of drug-likeness (QED) is 0.341. The maximum absolute atomic E-state index is 13.7. The zero-order valence-corrected chi connectivity index (χ0v) is 24.7. The van der Waals surface area contributed by atoms with Crippen molar-refractivity contribution in [1.29, 1.82) is 0 Å². The second-order valence-corrected chi connectivity index (χ2v) is 12.4. The maximum atomic E-state index is 13.7. The van der Waals surface area contributed by atoms with Gasteiger partial charge in [-0.2, -0.15) is 0 Å². The van der Waals surface area contributed by atoms with Crippen molar-refractivity contribution in [1.82, 2.24) is 24.8 Å². The highest BCUT2D eigenvalue weighted by Gasteiger charge is 2.29. The van der Waals surface area contributed by atoms with Crippen LogP contribution in [0.5, 0.6) is 5.75 Å². The minimum absolute atomic E-state index is 0.0563. The summed E-state index contributed by atoms with van der Waals surface area (Å²) < 4.78 is 35.2. The number of hydrogen-bond donors (Lipinski definition) is 2. The monoisotopic (exact) mass is 557 g/mol. The molecule has 0 spiro atoms. The molecule has 2 atom stereocenters. The molecule has 0 saturated carbocycles. The molecular formula is C29H43N5O4S. The van der Waals surface area contributed by atoms with Gasteiger partial charge in [-0.15, -0.1) is 0 Å². The minimum Gasteiger partial charge on any atom is -0.493 e. The van der Waals surface area contributed by atoms with Crippen molar-refractivity contribution in [3.05, 3.63) is 40.3 Å². The van der Waals surface area contributed by atoms with Crippen molar-refractivity contribution >= 4 is 20.9 Å². The number of hydrogen-bond acceptors (Lipinski definition) is 7. The molecule has 39 heavy (non-hydrogen) atoms. The molecule has 10 heteroatoms. The molecule has 9 nitrogen and oxygen atoms in total. The lowest BCUT2D eigenvalue weighted by Gasteiger charge is -2.38. The predicted octanol–water partition coefficient (Wildman–Crippen LogP) is 4.35. The van der Waals surface area contributed by atoms with Gasteiger partial charge < -0.3 is 19.6 Å². The van der Waals surface area contributed by atoms with Gasteiger partial charge in [0.05, 0.1) is 22.6 Å². The summed E-state index contributed by atoms with van der Waals surface area (Å²) in [5.41, 5.74) is 2.44. The van der Waals surface area contributed by atoms with E-state index in [0.717, 1.165) is 37.7 Å². The van der Waals surface area contributed by atoms with Crippen molar-refractivity contribution < 1.29 is 13.2 Å². The van der Waals surface area contributed by atoms with Gasteiger partial charge in [-0.3, -0.25) is 9.69 Å². The van der Waals surface area contributed by atoms with E-state index in [1.54, 1.807) is 18.2 Å². The number of aromatic nitrogens is 3. The Kier molecular flexibility index (Phi) is 9.51. The van der Waals surface area contributed by atoms with E-state index in [1.807, 2.05) is 29.5 Å². The first-order valence-electron chi connectivity index (χ1n) is 14.3. The number of fused-ring (bicyclic) bond motifs is 1. The first-order valence-corrected chi connectivity index (χ1v) is 16.0. The molecule has 0 aliphatic carbocycles. The maximum Gasteiger partial charge on any atom is 0.275 e. The Labute approximate surface area is 231 Å². The van der Waals surface area contributed by atoms with Gasteiger partial charge in [0.1, 0.15) is 23.0 Å². The standard InChI is InChI=1S/C29H43N5O4S/c1-6-11-20-16-34(10-5)27-26(20)31-28(32-29(27)35)24-15-23(12-13-25(24)38-14-7-2)39(36,37)19-33-17-21(8-3)30-22(9-4)18-33/h12-13,15-16,21-22,30H,6-11,14,17-19H2,1-5H3,(H,31,32,35)/t21-,22-/m0/s1. The Morgan fingerprint density at radius 2 is 1.77 bits per heavy atom. The van der Waals surface area contributed by atoms with Crippen molar-refractivity contribution in [2.45, 2.75) is 90.2 Å². The first kappa shape index (κ1) is 29.3. The van der Waals surface area contributed by atoms with E-state index in [2.05, 4.69) is 31.1 Å². The fourth-order valence-electron chi connectivity index (χ4n) is 5.38. The number of nitrogens with one attached hydrogen (secondary N) is 2. The number of rotatable bonds is 12. The van der Waals surface area contributed by atoms with Crippen LogP contribution in [-0.2, 0) is 22.8 Å². The highest BCUT2D eigenvalue weighted by molar-refractivity contribution is 7.91. The molecule has 0 unspecified atom stereocenters. The van der Waals surface area contributed by atoms with E-state index < -0.39 is 9.84 Å². The number of benzene rings is 1. The number of H-pyrrole nitrogens is 1. The van der Waals surface area contributed by atoms with Crippen LogP contribution in [0.15, 0.2) is 34.1 Å². The van der Waals surface area contributed by atoms with Gasteiger partial charge in [-0.05, 0) is 56.4 Å². The Balaban J connectivity index is 1.77. The zero-order chi connectivity index (χ0) is 28.2. The average Bonchev–Trinajstić information content (AvgIpc) is 3.29. The van der Waals surface area contributed by atoms with Crippen LogP contribution in [0.3, 0.4) is 0 Å². The fourth-order valence-corrected chi connectivity index (χ4v) is 6.79. The van der Waals surface area contributed by atoms with Crippen LogP contribution < -0.4 is 15.6 Å².